The molecule has 0 saturated carbocycles. The lowest BCUT2D eigenvalue weighted by atomic mass is 10.1. The Labute approximate surface area is 161 Å². The Kier molecular flexibility index (Phi) is 5.46. The van der Waals surface area contributed by atoms with E-state index in [4.69, 9.17) is 9.47 Å². The molecule has 0 N–H and O–H groups in total. The highest BCUT2D eigenvalue weighted by Crippen LogP contribution is 2.30. The summed E-state index contributed by atoms with van der Waals surface area (Å²) < 4.78 is 51.6. The Morgan fingerprint density at radius 3 is 2.41 bits per heavy atom. The van der Waals surface area contributed by atoms with Crippen LogP contribution >= 0.6 is 15.9 Å². The Bertz CT molecular complexity index is 965. The summed E-state index contributed by atoms with van der Waals surface area (Å²) in [5, 5.41) is 0.246. The molecule has 1 aromatic heterocycles. The van der Waals surface area contributed by atoms with E-state index in [1.807, 2.05) is 0 Å². The monoisotopic (exact) mass is 441 g/mol. The van der Waals surface area contributed by atoms with E-state index in [2.05, 4.69) is 15.9 Å². The van der Waals surface area contributed by atoms with E-state index in [9.17, 15) is 18.0 Å². The summed E-state index contributed by atoms with van der Waals surface area (Å²) in [4.78, 5) is 11.8. The van der Waals surface area contributed by atoms with Gasteiger partial charge in [0.2, 0.25) is 0 Å². The van der Waals surface area contributed by atoms with Gasteiger partial charge < -0.3 is 14.0 Å². The Hall–Kier alpha value is -2.48. The number of benzene rings is 2. The number of Topliss-reactive ketones (excluding diaryl/α,β-unsaturated/α-hetero) is 1. The van der Waals surface area contributed by atoms with Crippen molar-refractivity contribution in [1.82, 2.24) is 4.57 Å². The normalized spacial score (nSPS) is 11.6. The van der Waals surface area contributed by atoms with E-state index in [0.717, 1.165) is 0 Å². The number of ether oxygens (including phenoxy) is 2. The van der Waals surface area contributed by atoms with Crippen LogP contribution in [0.5, 0.6) is 11.5 Å². The largest absolute Gasteiger partial charge is 0.497 e. The molecule has 0 radical (unpaired) electrons. The molecular weight excluding hydrogens is 427 g/mol. The maximum absolute atomic E-state index is 12.9. The van der Waals surface area contributed by atoms with Crippen LogP contribution in [0.3, 0.4) is 0 Å². The van der Waals surface area contributed by atoms with Gasteiger partial charge in [0, 0.05) is 21.6 Å². The van der Waals surface area contributed by atoms with Gasteiger partial charge in [-0.3, -0.25) is 4.79 Å². The van der Waals surface area contributed by atoms with Crippen molar-refractivity contribution in [2.45, 2.75) is 12.7 Å². The van der Waals surface area contributed by atoms with Crippen molar-refractivity contribution < 1.29 is 27.4 Å². The number of methoxy groups -OCH3 is 1. The molecule has 3 rings (SSSR count). The molecular formula is C19H15BrF3NO3. The molecule has 142 valence electrons. The van der Waals surface area contributed by atoms with Gasteiger partial charge in [-0.15, -0.1) is 0 Å². The zero-order chi connectivity index (χ0) is 19.6. The fourth-order valence-electron chi connectivity index (χ4n) is 2.72. The third-order valence-electron chi connectivity index (χ3n) is 4.01. The van der Waals surface area contributed by atoms with Gasteiger partial charge in [-0.05, 0) is 42.5 Å². The molecule has 0 aliphatic heterocycles. The predicted molar refractivity (Wildman–Crippen MR) is 98.5 cm³/mol. The first kappa shape index (κ1) is 19.3. The highest BCUT2D eigenvalue weighted by Gasteiger charge is 2.40. The summed E-state index contributed by atoms with van der Waals surface area (Å²) in [5.74, 6) is -0.554. The molecule has 0 atom stereocenters. The van der Waals surface area contributed by atoms with Crippen molar-refractivity contribution in [3.8, 4) is 11.5 Å². The highest BCUT2D eigenvalue weighted by molar-refractivity contribution is 9.10. The lowest BCUT2D eigenvalue weighted by Crippen LogP contribution is -2.22. The molecule has 0 aliphatic rings. The number of hydrogen-bond acceptors (Lipinski definition) is 3. The lowest BCUT2D eigenvalue weighted by molar-refractivity contribution is -0.0884. The summed E-state index contributed by atoms with van der Waals surface area (Å²) in [6.07, 6.45) is -3.70. The number of rotatable bonds is 6. The summed E-state index contributed by atoms with van der Waals surface area (Å²) in [5.41, 5.74) is 0.160. The van der Waals surface area contributed by atoms with Gasteiger partial charge in [0.15, 0.2) is 0 Å². The third-order valence-corrected chi connectivity index (χ3v) is 4.50. The van der Waals surface area contributed by atoms with Crippen molar-refractivity contribution in [2.75, 3.05) is 13.7 Å². The maximum atomic E-state index is 12.9. The summed E-state index contributed by atoms with van der Waals surface area (Å²) in [6, 6.07) is 11.9. The van der Waals surface area contributed by atoms with Crippen molar-refractivity contribution in [3.63, 3.8) is 0 Å². The summed E-state index contributed by atoms with van der Waals surface area (Å²) in [7, 11) is 1.56. The van der Waals surface area contributed by atoms with Crippen molar-refractivity contribution in [3.05, 3.63) is 58.7 Å². The number of ketones is 1. The highest BCUT2D eigenvalue weighted by atomic mass is 79.9. The van der Waals surface area contributed by atoms with Crippen LogP contribution in [0.25, 0.3) is 10.9 Å². The lowest BCUT2D eigenvalue weighted by Gasteiger charge is -2.09. The fraction of sp³-hybridized carbons (Fsp3) is 0.211. The smallest absolute Gasteiger partial charge is 0.454 e. The van der Waals surface area contributed by atoms with E-state index in [1.165, 1.54) is 12.3 Å². The second kappa shape index (κ2) is 7.64. The number of aromatic nitrogens is 1. The molecule has 27 heavy (non-hydrogen) atoms. The minimum atomic E-state index is -4.93. The van der Waals surface area contributed by atoms with E-state index in [-0.39, 0.29) is 24.1 Å². The molecule has 0 amide bonds. The zero-order valence-electron chi connectivity index (χ0n) is 14.2. The maximum Gasteiger partial charge on any atom is 0.454 e. The molecule has 4 nitrogen and oxygen atoms in total. The summed E-state index contributed by atoms with van der Waals surface area (Å²) in [6.45, 7) is 0.515. The number of carbonyl (C=O) groups is 1. The van der Waals surface area contributed by atoms with Gasteiger partial charge in [0.1, 0.15) is 18.1 Å². The standard InChI is InChI=1S/C19H15BrF3NO3/c1-26-13-3-5-14(6-4-13)27-9-8-24-11-16(18(25)19(21,22)23)15-10-12(20)2-7-17(15)24/h2-7,10-11H,8-9H2,1H3. The van der Waals surface area contributed by atoms with Crippen LogP contribution in [0.1, 0.15) is 10.4 Å². The summed E-state index contributed by atoms with van der Waals surface area (Å²) >= 11 is 3.23. The van der Waals surface area contributed by atoms with E-state index < -0.39 is 12.0 Å². The molecule has 0 aliphatic carbocycles. The van der Waals surface area contributed by atoms with E-state index in [1.54, 1.807) is 48.1 Å². The van der Waals surface area contributed by atoms with Gasteiger partial charge >= 0.3 is 6.18 Å². The van der Waals surface area contributed by atoms with Gasteiger partial charge in [0.05, 0.1) is 19.2 Å². The number of carbonyl (C=O) groups excluding carboxylic acids is 1. The molecule has 8 heteroatoms. The topological polar surface area (TPSA) is 40.5 Å². The predicted octanol–water partition coefficient (Wildman–Crippen LogP) is 5.24. The first-order valence-electron chi connectivity index (χ1n) is 7.96. The van der Waals surface area contributed by atoms with Gasteiger partial charge in [-0.1, -0.05) is 15.9 Å². The fourth-order valence-corrected chi connectivity index (χ4v) is 3.08. The number of alkyl halides is 3. The molecule has 0 spiro atoms. The first-order chi connectivity index (χ1) is 12.8. The SMILES string of the molecule is COc1ccc(OCCn2cc(C(=O)C(F)(F)F)c3cc(Br)ccc32)cc1. The van der Waals surface area contributed by atoms with Crippen LogP contribution in [0.15, 0.2) is 53.1 Å². The second-order valence-corrected chi connectivity index (χ2v) is 6.66. The minimum absolute atomic E-state index is 0.228. The zero-order valence-corrected chi connectivity index (χ0v) is 15.8. The molecule has 2 aromatic carbocycles. The third kappa shape index (κ3) is 4.27. The van der Waals surface area contributed by atoms with E-state index >= 15 is 0 Å². The second-order valence-electron chi connectivity index (χ2n) is 5.75. The van der Waals surface area contributed by atoms with Crippen LogP contribution < -0.4 is 9.47 Å². The van der Waals surface area contributed by atoms with Gasteiger partial charge in [0.25, 0.3) is 5.78 Å². The number of fused-ring (bicyclic) bond motifs is 1. The first-order valence-corrected chi connectivity index (χ1v) is 8.75. The molecule has 0 bridgehead atoms. The van der Waals surface area contributed by atoms with Crippen LogP contribution in [0, 0.1) is 0 Å². The molecule has 0 saturated heterocycles. The van der Waals surface area contributed by atoms with Crippen LogP contribution in [0.4, 0.5) is 13.2 Å². The number of nitrogens with zero attached hydrogens (tertiary/aromatic N) is 1. The van der Waals surface area contributed by atoms with Crippen molar-refractivity contribution in [2.24, 2.45) is 0 Å². The minimum Gasteiger partial charge on any atom is -0.497 e. The van der Waals surface area contributed by atoms with Crippen molar-refractivity contribution >= 4 is 32.6 Å². The van der Waals surface area contributed by atoms with Crippen LogP contribution in [-0.4, -0.2) is 30.2 Å². The van der Waals surface area contributed by atoms with Crippen molar-refractivity contribution in [1.29, 1.82) is 0 Å². The average molecular weight is 442 g/mol. The molecule has 1 heterocycles. The van der Waals surface area contributed by atoms with Gasteiger partial charge in [-0.25, -0.2) is 0 Å². The van der Waals surface area contributed by atoms with Gasteiger partial charge in [-0.2, -0.15) is 13.2 Å². The van der Waals surface area contributed by atoms with Crippen LogP contribution in [-0.2, 0) is 6.54 Å². The molecule has 0 unspecified atom stereocenters. The molecule has 3 aromatic rings. The van der Waals surface area contributed by atoms with Crippen LogP contribution in [0.2, 0.25) is 0 Å². The molecule has 0 fully saturated rings. The quantitative estimate of drug-likeness (QED) is 0.491. The Morgan fingerprint density at radius 2 is 1.78 bits per heavy atom. The number of halogens is 4. The van der Waals surface area contributed by atoms with E-state index in [0.29, 0.717) is 21.5 Å². The number of hydrogen-bond donors (Lipinski definition) is 0. The Balaban J connectivity index is 1.82. The average Bonchev–Trinajstić information content (AvgIpc) is 2.98. The Morgan fingerprint density at radius 1 is 1.11 bits per heavy atom.